The van der Waals surface area contributed by atoms with Gasteiger partial charge in [0.25, 0.3) is 0 Å². The quantitative estimate of drug-likeness (QED) is 0.518. The molecule has 0 aromatic rings. The predicted octanol–water partition coefficient (Wildman–Crippen LogP) is 0.254. The minimum atomic E-state index is -0.981. The van der Waals surface area contributed by atoms with E-state index in [0.717, 1.165) is 6.08 Å². The molecular weight excluding hydrogens is 127 g/mol. The smallest absolute Gasteiger partial charge is 0.327 e. The largest absolute Gasteiger partial charge is 0.478 e. The van der Waals surface area contributed by atoms with Crippen LogP contribution in [-0.4, -0.2) is 11.1 Å². The number of carboxylic acids is 1. The van der Waals surface area contributed by atoms with Gasteiger partial charge >= 0.3 is 5.97 Å². The van der Waals surface area contributed by atoms with Gasteiger partial charge in [-0.3, -0.25) is 0 Å². The molecule has 0 aromatic heterocycles. The molecule has 0 aromatic carbocycles. The molecule has 0 aliphatic rings. The summed E-state index contributed by atoms with van der Waals surface area (Å²) in [6.45, 7) is 2.96. The first-order valence-electron chi connectivity index (χ1n) is 1.12. The minimum Gasteiger partial charge on any atom is -0.478 e. The van der Waals surface area contributed by atoms with Gasteiger partial charge in [0.05, 0.1) is 0 Å². The molecule has 6 heavy (non-hydrogen) atoms. The third kappa shape index (κ3) is 9.31. The molecule has 0 fully saturated rings. The number of rotatable bonds is 1. The zero-order valence-corrected chi connectivity index (χ0v) is 4.01. The Kier molecular flexibility index (Phi) is 7.24. The molecule has 0 spiro atoms. The first kappa shape index (κ1) is 9.21. The van der Waals surface area contributed by atoms with Crippen LogP contribution >= 0.6 is 0 Å². The Morgan fingerprint density at radius 1 is 1.83 bits per heavy atom. The van der Waals surface area contributed by atoms with E-state index in [4.69, 9.17) is 5.11 Å². The van der Waals surface area contributed by atoms with E-state index < -0.39 is 5.97 Å². The number of carbonyl (C=O) groups is 1. The van der Waals surface area contributed by atoms with Gasteiger partial charge in [0.1, 0.15) is 0 Å². The van der Waals surface area contributed by atoms with E-state index in [9.17, 15) is 4.79 Å². The molecule has 0 aliphatic heterocycles. The van der Waals surface area contributed by atoms with Crippen molar-refractivity contribution >= 4 is 5.97 Å². The maximum atomic E-state index is 9.25. The summed E-state index contributed by atoms with van der Waals surface area (Å²) in [4.78, 5) is 9.25. The fourth-order valence-corrected chi connectivity index (χ4v) is 0. The van der Waals surface area contributed by atoms with Crippen molar-refractivity contribution in [3.05, 3.63) is 12.7 Å². The normalized spacial score (nSPS) is 5.33. The van der Waals surface area contributed by atoms with Crippen LogP contribution in [0.25, 0.3) is 0 Å². The van der Waals surface area contributed by atoms with Gasteiger partial charge < -0.3 is 5.11 Å². The fourth-order valence-electron chi connectivity index (χ4n) is 0. The summed E-state index contributed by atoms with van der Waals surface area (Å²) in [5.41, 5.74) is 0. The Hall–Kier alpha value is -0.284. The summed E-state index contributed by atoms with van der Waals surface area (Å²) in [6.07, 6.45) is 0.833. The third-order valence-electron chi connectivity index (χ3n) is 0.175. The summed E-state index contributed by atoms with van der Waals surface area (Å²) in [5.74, 6) is -0.981. The predicted molar refractivity (Wildman–Crippen MR) is 17.8 cm³/mol. The van der Waals surface area contributed by atoms with Crippen LogP contribution in [-0.2, 0) is 21.6 Å². The van der Waals surface area contributed by atoms with Crippen molar-refractivity contribution in [1.82, 2.24) is 0 Å². The standard InChI is InChI=1S/C3H4O2.Co/c1-2-3(4)5;/h2H,1H2,(H,4,5);. The van der Waals surface area contributed by atoms with Crippen LogP contribution in [0.3, 0.4) is 0 Å². The zero-order chi connectivity index (χ0) is 4.28. The van der Waals surface area contributed by atoms with Crippen LogP contribution in [0.1, 0.15) is 0 Å². The van der Waals surface area contributed by atoms with Gasteiger partial charge in [0.15, 0.2) is 0 Å². The van der Waals surface area contributed by atoms with Crippen molar-refractivity contribution in [1.29, 1.82) is 0 Å². The van der Waals surface area contributed by atoms with Crippen molar-refractivity contribution < 1.29 is 26.7 Å². The Labute approximate surface area is 46.1 Å². The molecule has 0 unspecified atom stereocenters. The van der Waals surface area contributed by atoms with Crippen LogP contribution in [0.5, 0.6) is 0 Å². The maximum Gasteiger partial charge on any atom is 0.327 e. The SMILES string of the molecule is C=CC(=O)O.[Co]. The van der Waals surface area contributed by atoms with E-state index in [-0.39, 0.29) is 16.8 Å². The molecule has 0 heterocycles. The summed E-state index contributed by atoms with van der Waals surface area (Å²) >= 11 is 0. The van der Waals surface area contributed by atoms with E-state index in [1.54, 1.807) is 0 Å². The number of aliphatic carboxylic acids is 1. The third-order valence-corrected chi connectivity index (χ3v) is 0.175. The van der Waals surface area contributed by atoms with E-state index in [1.165, 1.54) is 0 Å². The molecule has 1 N–H and O–H groups in total. The molecule has 0 aliphatic carbocycles. The van der Waals surface area contributed by atoms with E-state index in [0.29, 0.717) is 0 Å². The molecule has 1 radical (unpaired) electrons. The second-order valence-electron chi connectivity index (χ2n) is 0.542. The first-order chi connectivity index (χ1) is 2.27. The van der Waals surface area contributed by atoms with Crippen LogP contribution in [0.4, 0.5) is 0 Å². The molecule has 0 saturated heterocycles. The molecule has 37 valence electrons. The van der Waals surface area contributed by atoms with E-state index in [2.05, 4.69) is 6.58 Å². The van der Waals surface area contributed by atoms with Gasteiger partial charge in [0.2, 0.25) is 0 Å². The second-order valence-corrected chi connectivity index (χ2v) is 0.542. The van der Waals surface area contributed by atoms with Gasteiger partial charge in [-0.1, -0.05) is 6.58 Å². The van der Waals surface area contributed by atoms with Crippen molar-refractivity contribution in [2.45, 2.75) is 0 Å². The van der Waals surface area contributed by atoms with Crippen LogP contribution < -0.4 is 0 Å². The topological polar surface area (TPSA) is 37.3 Å². The number of carboxylic acid groups (broad SMARTS) is 1. The first-order valence-corrected chi connectivity index (χ1v) is 1.12. The van der Waals surface area contributed by atoms with E-state index in [1.807, 2.05) is 0 Å². The van der Waals surface area contributed by atoms with Gasteiger partial charge in [-0.25, -0.2) is 4.79 Å². The Balaban J connectivity index is 0. The van der Waals surface area contributed by atoms with Crippen LogP contribution in [0.2, 0.25) is 0 Å². The van der Waals surface area contributed by atoms with Crippen molar-refractivity contribution in [2.75, 3.05) is 0 Å². The Bertz CT molecular complexity index is 59.8. The monoisotopic (exact) mass is 131 g/mol. The number of hydrogen-bond donors (Lipinski definition) is 1. The maximum absolute atomic E-state index is 9.25. The van der Waals surface area contributed by atoms with Crippen molar-refractivity contribution in [3.63, 3.8) is 0 Å². The van der Waals surface area contributed by atoms with Crippen molar-refractivity contribution in [2.24, 2.45) is 0 Å². The molecule has 0 bridgehead atoms. The molecule has 0 amide bonds. The van der Waals surface area contributed by atoms with Gasteiger partial charge in [-0.05, 0) is 0 Å². The summed E-state index contributed by atoms with van der Waals surface area (Å²) < 4.78 is 0. The Morgan fingerprint density at radius 3 is 2.00 bits per heavy atom. The summed E-state index contributed by atoms with van der Waals surface area (Å²) in [5, 5.41) is 7.60. The van der Waals surface area contributed by atoms with E-state index >= 15 is 0 Å². The average molecular weight is 131 g/mol. The Morgan fingerprint density at radius 2 is 2.00 bits per heavy atom. The average Bonchev–Trinajstić information content (AvgIpc) is 1.38. The second kappa shape index (κ2) is 4.72. The summed E-state index contributed by atoms with van der Waals surface area (Å²) in [7, 11) is 0. The molecule has 0 rings (SSSR count). The fraction of sp³-hybridized carbons (Fsp3) is 0. The molecule has 3 heteroatoms. The van der Waals surface area contributed by atoms with Gasteiger partial charge in [0, 0.05) is 22.9 Å². The molecule has 2 nitrogen and oxygen atoms in total. The number of hydrogen-bond acceptors (Lipinski definition) is 1. The van der Waals surface area contributed by atoms with Crippen LogP contribution in [0, 0.1) is 0 Å². The van der Waals surface area contributed by atoms with Gasteiger partial charge in [-0.15, -0.1) is 0 Å². The van der Waals surface area contributed by atoms with Crippen LogP contribution in [0.15, 0.2) is 12.7 Å². The van der Waals surface area contributed by atoms with Crippen molar-refractivity contribution in [3.8, 4) is 0 Å². The zero-order valence-electron chi connectivity index (χ0n) is 2.97. The molecule has 0 saturated carbocycles. The molecule has 0 atom stereocenters. The minimum absolute atomic E-state index is 0. The molecular formula is C3H4CoO2. The summed E-state index contributed by atoms with van der Waals surface area (Å²) in [6, 6.07) is 0. The van der Waals surface area contributed by atoms with Gasteiger partial charge in [-0.2, -0.15) is 0 Å².